The van der Waals surface area contributed by atoms with Crippen molar-refractivity contribution in [1.29, 1.82) is 0 Å². The molecule has 0 aliphatic heterocycles. The summed E-state index contributed by atoms with van der Waals surface area (Å²) in [6, 6.07) is 1.46. The van der Waals surface area contributed by atoms with E-state index in [0.29, 0.717) is 12.1 Å². The van der Waals surface area contributed by atoms with Gasteiger partial charge in [-0.15, -0.1) is 0 Å². The van der Waals surface area contributed by atoms with Crippen molar-refractivity contribution < 1.29 is 17.6 Å². The molecule has 15 heavy (non-hydrogen) atoms. The minimum atomic E-state index is -4.76. The van der Waals surface area contributed by atoms with Crippen molar-refractivity contribution in [3.8, 4) is 0 Å². The van der Waals surface area contributed by atoms with Gasteiger partial charge < -0.3 is 0 Å². The van der Waals surface area contributed by atoms with Crippen molar-refractivity contribution >= 4 is 0 Å². The molecule has 1 aromatic rings. The van der Waals surface area contributed by atoms with Gasteiger partial charge in [-0.1, -0.05) is 11.2 Å². The maximum atomic E-state index is 12.8. The van der Waals surface area contributed by atoms with Crippen LogP contribution >= 0.6 is 0 Å². The molecule has 0 heterocycles. The van der Waals surface area contributed by atoms with Crippen LogP contribution in [0.25, 0.3) is 0 Å². The SMILES string of the molecule is CC(N=O)c1ccc(F)c(C(F)(F)F)c1. The Morgan fingerprint density at radius 1 is 1.33 bits per heavy atom. The zero-order valence-electron chi connectivity index (χ0n) is 7.68. The van der Waals surface area contributed by atoms with E-state index in [-0.39, 0.29) is 5.56 Å². The molecule has 0 spiro atoms. The fraction of sp³-hybridized carbons (Fsp3) is 0.333. The second kappa shape index (κ2) is 3.96. The zero-order chi connectivity index (χ0) is 11.6. The molecule has 0 aliphatic carbocycles. The molecule has 0 aliphatic rings. The van der Waals surface area contributed by atoms with Crippen LogP contribution in [-0.4, -0.2) is 0 Å². The quantitative estimate of drug-likeness (QED) is 0.553. The maximum absolute atomic E-state index is 12.8. The summed E-state index contributed by atoms with van der Waals surface area (Å²) in [6.07, 6.45) is -4.76. The predicted octanol–water partition coefficient (Wildman–Crippen LogP) is 3.67. The Balaban J connectivity index is 3.22. The number of nitroso groups, excluding NO2 is 1. The zero-order valence-corrected chi connectivity index (χ0v) is 7.68. The highest BCUT2D eigenvalue weighted by Crippen LogP contribution is 2.33. The third kappa shape index (κ3) is 2.51. The Labute approximate surface area is 82.9 Å². The Morgan fingerprint density at radius 3 is 2.40 bits per heavy atom. The van der Waals surface area contributed by atoms with E-state index in [4.69, 9.17) is 0 Å². The molecule has 0 N–H and O–H groups in total. The third-order valence-corrected chi connectivity index (χ3v) is 1.94. The molecule has 1 unspecified atom stereocenters. The monoisotopic (exact) mass is 221 g/mol. The average Bonchev–Trinajstić information content (AvgIpc) is 2.15. The third-order valence-electron chi connectivity index (χ3n) is 1.94. The van der Waals surface area contributed by atoms with Gasteiger partial charge in [0, 0.05) is 0 Å². The summed E-state index contributed by atoms with van der Waals surface area (Å²) in [7, 11) is 0. The van der Waals surface area contributed by atoms with Crippen molar-refractivity contribution in [3.05, 3.63) is 40.1 Å². The lowest BCUT2D eigenvalue weighted by molar-refractivity contribution is -0.140. The van der Waals surface area contributed by atoms with Crippen molar-refractivity contribution in [2.45, 2.75) is 19.1 Å². The lowest BCUT2D eigenvalue weighted by Gasteiger charge is -2.10. The van der Waals surface area contributed by atoms with Gasteiger partial charge >= 0.3 is 6.18 Å². The summed E-state index contributed by atoms with van der Waals surface area (Å²) in [5, 5.41) is 2.57. The van der Waals surface area contributed by atoms with Crippen molar-refractivity contribution in [3.63, 3.8) is 0 Å². The van der Waals surface area contributed by atoms with Crippen molar-refractivity contribution in [2.24, 2.45) is 5.18 Å². The summed E-state index contributed by atoms with van der Waals surface area (Å²) >= 11 is 0. The Morgan fingerprint density at radius 2 is 1.93 bits per heavy atom. The van der Waals surface area contributed by atoms with E-state index in [1.165, 1.54) is 6.92 Å². The van der Waals surface area contributed by atoms with Crippen LogP contribution in [0, 0.1) is 10.7 Å². The summed E-state index contributed by atoms with van der Waals surface area (Å²) in [4.78, 5) is 10.1. The van der Waals surface area contributed by atoms with Crippen molar-refractivity contribution in [2.75, 3.05) is 0 Å². The Bertz CT molecular complexity index is 375. The minimum Gasteiger partial charge on any atom is -0.206 e. The molecule has 82 valence electrons. The van der Waals surface area contributed by atoms with Crippen LogP contribution in [-0.2, 0) is 6.18 Å². The second-order valence-electron chi connectivity index (χ2n) is 3.02. The first-order valence-electron chi connectivity index (χ1n) is 4.05. The molecule has 0 saturated carbocycles. The largest absolute Gasteiger partial charge is 0.419 e. The fourth-order valence-electron chi connectivity index (χ4n) is 1.08. The Kier molecular flexibility index (Phi) is 3.06. The van der Waals surface area contributed by atoms with Crippen molar-refractivity contribution in [1.82, 2.24) is 0 Å². The van der Waals surface area contributed by atoms with Gasteiger partial charge in [0.15, 0.2) is 0 Å². The van der Waals surface area contributed by atoms with Crippen LogP contribution in [0.2, 0.25) is 0 Å². The van der Waals surface area contributed by atoms with Gasteiger partial charge in [0.1, 0.15) is 11.9 Å². The number of benzene rings is 1. The molecule has 6 heteroatoms. The molecule has 1 rings (SSSR count). The van der Waals surface area contributed by atoms with E-state index in [1.807, 2.05) is 0 Å². The number of alkyl halides is 3. The van der Waals surface area contributed by atoms with Gasteiger partial charge in [-0.2, -0.15) is 18.1 Å². The lowest BCUT2D eigenvalue weighted by atomic mass is 10.1. The van der Waals surface area contributed by atoms with Gasteiger partial charge in [0.05, 0.1) is 5.56 Å². The van der Waals surface area contributed by atoms with E-state index in [0.717, 1.165) is 6.07 Å². The smallest absolute Gasteiger partial charge is 0.206 e. The molecule has 0 radical (unpaired) electrons. The lowest BCUT2D eigenvalue weighted by Crippen LogP contribution is -2.09. The van der Waals surface area contributed by atoms with Gasteiger partial charge in [-0.3, -0.25) is 0 Å². The normalized spacial score (nSPS) is 13.7. The molecular formula is C9H7F4NO. The van der Waals surface area contributed by atoms with Gasteiger partial charge in [-0.05, 0) is 24.6 Å². The fourth-order valence-corrected chi connectivity index (χ4v) is 1.08. The van der Waals surface area contributed by atoms with Crippen LogP contribution in [0.3, 0.4) is 0 Å². The highest BCUT2D eigenvalue weighted by molar-refractivity contribution is 5.29. The highest BCUT2D eigenvalue weighted by atomic mass is 19.4. The van der Waals surface area contributed by atoms with E-state index in [1.54, 1.807) is 0 Å². The summed E-state index contributed by atoms with van der Waals surface area (Å²) in [6.45, 7) is 1.33. The topological polar surface area (TPSA) is 29.4 Å². The molecule has 1 aromatic carbocycles. The maximum Gasteiger partial charge on any atom is 0.419 e. The average molecular weight is 221 g/mol. The summed E-state index contributed by atoms with van der Waals surface area (Å²) < 4.78 is 49.5. The molecule has 1 atom stereocenters. The van der Waals surface area contributed by atoms with E-state index >= 15 is 0 Å². The number of hydrogen-bond donors (Lipinski definition) is 0. The van der Waals surface area contributed by atoms with Crippen LogP contribution in [0.4, 0.5) is 17.6 Å². The van der Waals surface area contributed by atoms with Gasteiger partial charge in [0.2, 0.25) is 0 Å². The van der Waals surface area contributed by atoms with Crippen LogP contribution in [0.5, 0.6) is 0 Å². The molecule has 0 saturated heterocycles. The highest BCUT2D eigenvalue weighted by Gasteiger charge is 2.34. The van der Waals surface area contributed by atoms with E-state index < -0.39 is 23.6 Å². The first-order chi connectivity index (χ1) is 6.86. The van der Waals surface area contributed by atoms with E-state index in [9.17, 15) is 22.5 Å². The summed E-state index contributed by atoms with van der Waals surface area (Å²) in [5.41, 5.74) is -1.34. The van der Waals surface area contributed by atoms with Crippen LogP contribution < -0.4 is 0 Å². The minimum absolute atomic E-state index is 0.0405. The molecule has 0 aromatic heterocycles. The molecule has 2 nitrogen and oxygen atoms in total. The molecule has 0 amide bonds. The van der Waals surface area contributed by atoms with Gasteiger partial charge in [-0.25, -0.2) is 4.39 Å². The standard InChI is InChI=1S/C9H7F4NO/c1-5(14-15)6-2-3-8(10)7(4-6)9(11,12)13/h2-5H,1H3. The molecule has 0 fully saturated rings. The van der Waals surface area contributed by atoms with Crippen LogP contribution in [0.1, 0.15) is 24.1 Å². The van der Waals surface area contributed by atoms with Crippen LogP contribution in [0.15, 0.2) is 23.4 Å². The first-order valence-corrected chi connectivity index (χ1v) is 4.05. The second-order valence-corrected chi connectivity index (χ2v) is 3.02. The predicted molar refractivity (Wildman–Crippen MR) is 45.6 cm³/mol. The van der Waals surface area contributed by atoms with Gasteiger partial charge in [0.25, 0.3) is 0 Å². The first kappa shape index (κ1) is 11.6. The number of nitrogens with zero attached hydrogens (tertiary/aromatic N) is 1. The molecular weight excluding hydrogens is 214 g/mol. The Hall–Kier alpha value is -1.46. The summed E-state index contributed by atoms with van der Waals surface area (Å²) in [5.74, 6) is -1.36. The van der Waals surface area contributed by atoms with E-state index in [2.05, 4.69) is 5.18 Å². The number of hydrogen-bond acceptors (Lipinski definition) is 2. The number of rotatable bonds is 2. The number of halogens is 4. The molecule has 0 bridgehead atoms.